The van der Waals surface area contributed by atoms with Gasteiger partial charge >= 0.3 is 0 Å². The van der Waals surface area contributed by atoms with Crippen molar-refractivity contribution >= 4 is 12.0 Å². The fraction of sp³-hybridized carbons (Fsp3) is 0.333. The number of hydrazone groups is 1. The Kier molecular flexibility index (Phi) is 6.41. The van der Waals surface area contributed by atoms with Gasteiger partial charge in [-0.05, 0) is 48.2 Å². The van der Waals surface area contributed by atoms with E-state index >= 15 is 0 Å². The van der Waals surface area contributed by atoms with Crippen LogP contribution in [0.3, 0.4) is 0 Å². The molecule has 0 amide bonds. The molecule has 0 unspecified atom stereocenters. The lowest BCUT2D eigenvalue weighted by Crippen LogP contribution is -2.03. The minimum absolute atomic E-state index is 0.616. The first kappa shape index (κ1) is 16.8. The van der Waals surface area contributed by atoms with Crippen molar-refractivity contribution in [2.45, 2.75) is 20.3 Å². The van der Waals surface area contributed by atoms with Gasteiger partial charge in [-0.25, -0.2) is 4.98 Å². The Morgan fingerprint density at radius 1 is 1.22 bits per heavy atom. The Morgan fingerprint density at radius 2 is 2.09 bits per heavy atom. The van der Waals surface area contributed by atoms with Crippen LogP contribution in [0.5, 0.6) is 11.5 Å². The number of hydrogen-bond donors (Lipinski definition) is 1. The molecule has 1 aromatic carbocycles. The zero-order valence-electron chi connectivity index (χ0n) is 13.8. The Balaban J connectivity index is 1.97. The average Bonchev–Trinajstić information content (AvgIpc) is 2.56. The molecule has 5 heteroatoms. The van der Waals surface area contributed by atoms with Crippen LogP contribution in [0, 0.1) is 5.92 Å². The van der Waals surface area contributed by atoms with Crippen LogP contribution in [-0.4, -0.2) is 24.9 Å². The Bertz CT molecular complexity index is 627. The second-order valence-electron chi connectivity index (χ2n) is 5.53. The van der Waals surface area contributed by atoms with E-state index < -0.39 is 0 Å². The number of benzene rings is 1. The Morgan fingerprint density at radius 3 is 2.78 bits per heavy atom. The smallest absolute Gasteiger partial charge is 0.161 e. The molecule has 0 saturated heterocycles. The van der Waals surface area contributed by atoms with Gasteiger partial charge in [-0.2, -0.15) is 5.10 Å². The van der Waals surface area contributed by atoms with Gasteiger partial charge in [0.05, 0.1) is 19.9 Å². The second-order valence-corrected chi connectivity index (χ2v) is 5.53. The van der Waals surface area contributed by atoms with E-state index in [1.165, 1.54) is 0 Å². The van der Waals surface area contributed by atoms with Crippen molar-refractivity contribution in [3.05, 3.63) is 48.2 Å². The normalized spacial score (nSPS) is 11.0. The van der Waals surface area contributed by atoms with Gasteiger partial charge in [0.25, 0.3) is 0 Å². The summed E-state index contributed by atoms with van der Waals surface area (Å²) in [7, 11) is 1.64. The van der Waals surface area contributed by atoms with E-state index in [1.807, 2.05) is 36.4 Å². The average molecular weight is 313 g/mol. The molecule has 0 fully saturated rings. The van der Waals surface area contributed by atoms with E-state index in [1.54, 1.807) is 19.5 Å². The molecule has 0 radical (unpaired) electrons. The van der Waals surface area contributed by atoms with Crippen molar-refractivity contribution in [3.8, 4) is 11.5 Å². The molecule has 0 aliphatic heterocycles. The quantitative estimate of drug-likeness (QED) is 0.592. The molecule has 1 aromatic heterocycles. The van der Waals surface area contributed by atoms with Gasteiger partial charge in [0.2, 0.25) is 0 Å². The molecule has 0 spiro atoms. The van der Waals surface area contributed by atoms with Crippen LogP contribution in [0.2, 0.25) is 0 Å². The third-order valence-corrected chi connectivity index (χ3v) is 3.20. The number of methoxy groups -OCH3 is 1. The van der Waals surface area contributed by atoms with Crippen LogP contribution in [0.1, 0.15) is 25.8 Å². The molecule has 23 heavy (non-hydrogen) atoms. The van der Waals surface area contributed by atoms with Crippen LogP contribution < -0.4 is 14.9 Å². The first-order valence-electron chi connectivity index (χ1n) is 7.70. The van der Waals surface area contributed by atoms with E-state index in [0.717, 1.165) is 17.7 Å². The van der Waals surface area contributed by atoms with Crippen molar-refractivity contribution in [2.24, 2.45) is 11.0 Å². The van der Waals surface area contributed by atoms with Gasteiger partial charge in [-0.15, -0.1) is 0 Å². The summed E-state index contributed by atoms with van der Waals surface area (Å²) in [6, 6.07) is 11.4. The van der Waals surface area contributed by atoms with Crippen molar-refractivity contribution in [3.63, 3.8) is 0 Å². The van der Waals surface area contributed by atoms with Crippen molar-refractivity contribution < 1.29 is 9.47 Å². The first-order chi connectivity index (χ1) is 11.2. The van der Waals surface area contributed by atoms with E-state index in [-0.39, 0.29) is 0 Å². The number of rotatable bonds is 8. The lowest BCUT2D eigenvalue weighted by Gasteiger charge is -2.12. The summed E-state index contributed by atoms with van der Waals surface area (Å²) in [6.45, 7) is 5.03. The zero-order valence-corrected chi connectivity index (χ0v) is 13.8. The number of aromatic nitrogens is 1. The summed E-state index contributed by atoms with van der Waals surface area (Å²) in [5, 5.41) is 4.17. The molecule has 0 atom stereocenters. The Labute approximate surface area is 137 Å². The predicted octanol–water partition coefficient (Wildman–Crippen LogP) is 3.96. The summed E-state index contributed by atoms with van der Waals surface area (Å²) in [4.78, 5) is 4.14. The van der Waals surface area contributed by atoms with Gasteiger partial charge in [0.1, 0.15) is 5.82 Å². The lowest BCUT2D eigenvalue weighted by atomic mass is 10.1. The molecular formula is C18H23N3O2. The second kappa shape index (κ2) is 8.78. The monoisotopic (exact) mass is 313 g/mol. The van der Waals surface area contributed by atoms with E-state index in [0.29, 0.717) is 24.1 Å². The number of ether oxygens (including phenoxy) is 2. The molecule has 0 aliphatic carbocycles. The van der Waals surface area contributed by atoms with Crippen LogP contribution in [0.15, 0.2) is 47.7 Å². The van der Waals surface area contributed by atoms with Gasteiger partial charge < -0.3 is 9.47 Å². The topological polar surface area (TPSA) is 55.7 Å². The molecule has 0 saturated carbocycles. The molecule has 2 aromatic rings. The number of nitrogens with zero attached hydrogens (tertiary/aromatic N) is 2. The third kappa shape index (κ3) is 5.62. The highest BCUT2D eigenvalue weighted by atomic mass is 16.5. The zero-order chi connectivity index (χ0) is 16.5. The summed E-state index contributed by atoms with van der Waals surface area (Å²) in [5.74, 6) is 2.77. The minimum Gasteiger partial charge on any atom is -0.493 e. The lowest BCUT2D eigenvalue weighted by molar-refractivity contribution is 0.273. The SMILES string of the molecule is COc1cc(C=NNc2ccccn2)ccc1OCCC(C)C. The largest absolute Gasteiger partial charge is 0.493 e. The number of nitrogens with one attached hydrogen (secondary N) is 1. The van der Waals surface area contributed by atoms with E-state index in [4.69, 9.17) is 9.47 Å². The first-order valence-corrected chi connectivity index (χ1v) is 7.70. The summed E-state index contributed by atoms with van der Waals surface area (Å²) >= 11 is 0. The summed E-state index contributed by atoms with van der Waals surface area (Å²) in [6.07, 6.45) is 4.44. The molecule has 1 N–H and O–H groups in total. The number of hydrogen-bond acceptors (Lipinski definition) is 5. The maximum Gasteiger partial charge on any atom is 0.161 e. The third-order valence-electron chi connectivity index (χ3n) is 3.20. The molecule has 0 aliphatic rings. The molecule has 1 heterocycles. The van der Waals surface area contributed by atoms with Crippen LogP contribution in [0.25, 0.3) is 0 Å². The fourth-order valence-corrected chi connectivity index (χ4v) is 1.89. The van der Waals surface area contributed by atoms with Crippen LogP contribution in [0.4, 0.5) is 5.82 Å². The predicted molar refractivity (Wildman–Crippen MR) is 93.4 cm³/mol. The number of anilines is 1. The summed E-state index contributed by atoms with van der Waals surface area (Å²) in [5.41, 5.74) is 3.80. The molecular weight excluding hydrogens is 290 g/mol. The van der Waals surface area contributed by atoms with Crippen molar-refractivity contribution in [1.82, 2.24) is 4.98 Å². The molecule has 5 nitrogen and oxygen atoms in total. The van der Waals surface area contributed by atoms with E-state index in [9.17, 15) is 0 Å². The standard InChI is InChI=1S/C18H23N3O2/c1-14(2)9-11-23-16-8-7-15(12-17(16)22-3)13-20-21-18-6-4-5-10-19-18/h4-8,10,12-14H,9,11H2,1-3H3,(H,19,21). The summed E-state index contributed by atoms with van der Waals surface area (Å²) < 4.78 is 11.2. The highest BCUT2D eigenvalue weighted by Crippen LogP contribution is 2.27. The van der Waals surface area contributed by atoms with Crippen molar-refractivity contribution in [1.29, 1.82) is 0 Å². The Hall–Kier alpha value is -2.56. The van der Waals surface area contributed by atoms with Crippen LogP contribution in [-0.2, 0) is 0 Å². The van der Waals surface area contributed by atoms with Gasteiger partial charge in [0.15, 0.2) is 11.5 Å². The maximum atomic E-state index is 5.77. The molecule has 122 valence electrons. The van der Waals surface area contributed by atoms with Gasteiger partial charge in [-0.1, -0.05) is 19.9 Å². The van der Waals surface area contributed by atoms with Gasteiger partial charge in [-0.3, -0.25) is 5.43 Å². The van der Waals surface area contributed by atoms with Crippen LogP contribution >= 0.6 is 0 Å². The maximum absolute atomic E-state index is 5.77. The van der Waals surface area contributed by atoms with E-state index in [2.05, 4.69) is 29.4 Å². The highest BCUT2D eigenvalue weighted by molar-refractivity contribution is 5.81. The molecule has 2 rings (SSSR count). The highest BCUT2D eigenvalue weighted by Gasteiger charge is 2.05. The van der Waals surface area contributed by atoms with Gasteiger partial charge in [0, 0.05) is 6.20 Å². The minimum atomic E-state index is 0.616. The fourth-order valence-electron chi connectivity index (χ4n) is 1.89. The number of pyridine rings is 1. The van der Waals surface area contributed by atoms with Crippen molar-refractivity contribution in [2.75, 3.05) is 19.1 Å². The molecule has 0 bridgehead atoms.